The van der Waals surface area contributed by atoms with Crippen LogP contribution in [-0.4, -0.2) is 42.0 Å². The first-order valence-electron chi connectivity index (χ1n) is 6.59. The second-order valence-corrected chi connectivity index (χ2v) is 5.84. The standard InChI is InChI=1S/C14H19NO5/c1-13-6-18-14(19-7-13,20-8-13)12(15)11(17)9-2-4-10(16)5-3-9/h2-5,11-12,16-17H,6-8,15H2,1H3/t11-,12-,13?,14?/m0/s1. The Morgan fingerprint density at radius 2 is 1.60 bits per heavy atom. The molecule has 6 nitrogen and oxygen atoms in total. The van der Waals surface area contributed by atoms with E-state index < -0.39 is 18.1 Å². The Hall–Kier alpha value is -1.18. The molecule has 2 bridgehead atoms. The van der Waals surface area contributed by atoms with Crippen LogP contribution in [0.1, 0.15) is 18.6 Å². The first-order chi connectivity index (χ1) is 9.44. The molecule has 2 atom stereocenters. The van der Waals surface area contributed by atoms with Crippen LogP contribution in [0.15, 0.2) is 24.3 Å². The van der Waals surface area contributed by atoms with Crippen LogP contribution in [0.2, 0.25) is 0 Å². The number of phenolic OH excluding ortho intramolecular Hbond substituents is 1. The van der Waals surface area contributed by atoms with Gasteiger partial charge < -0.3 is 30.2 Å². The lowest BCUT2D eigenvalue weighted by Crippen LogP contribution is -2.67. The van der Waals surface area contributed by atoms with Gasteiger partial charge >= 0.3 is 5.97 Å². The number of benzene rings is 1. The van der Waals surface area contributed by atoms with E-state index in [0.29, 0.717) is 25.4 Å². The molecule has 6 heteroatoms. The topological polar surface area (TPSA) is 94.2 Å². The fourth-order valence-corrected chi connectivity index (χ4v) is 2.44. The summed E-state index contributed by atoms with van der Waals surface area (Å²) < 4.78 is 16.9. The zero-order valence-electron chi connectivity index (χ0n) is 11.3. The van der Waals surface area contributed by atoms with E-state index in [1.54, 1.807) is 12.1 Å². The first kappa shape index (κ1) is 13.8. The van der Waals surface area contributed by atoms with E-state index in [1.807, 2.05) is 6.92 Å². The van der Waals surface area contributed by atoms with Gasteiger partial charge in [0.15, 0.2) is 0 Å². The number of nitrogens with two attached hydrogens (primary N) is 1. The summed E-state index contributed by atoms with van der Waals surface area (Å²) >= 11 is 0. The predicted octanol–water partition coefficient (Wildman–Crippen LogP) is 0.490. The van der Waals surface area contributed by atoms with Gasteiger partial charge in [-0.3, -0.25) is 0 Å². The zero-order valence-corrected chi connectivity index (χ0v) is 11.3. The maximum absolute atomic E-state index is 10.4. The van der Waals surface area contributed by atoms with E-state index in [0.717, 1.165) is 0 Å². The van der Waals surface area contributed by atoms with Crippen molar-refractivity contribution in [2.24, 2.45) is 11.1 Å². The average Bonchev–Trinajstić information content (AvgIpc) is 2.48. The van der Waals surface area contributed by atoms with Crippen molar-refractivity contribution in [3.63, 3.8) is 0 Å². The molecule has 0 saturated carbocycles. The van der Waals surface area contributed by atoms with E-state index >= 15 is 0 Å². The second-order valence-electron chi connectivity index (χ2n) is 5.84. The number of fused-ring (bicyclic) bond motifs is 3. The largest absolute Gasteiger partial charge is 0.508 e. The van der Waals surface area contributed by atoms with Gasteiger partial charge in [0.2, 0.25) is 0 Å². The fourth-order valence-electron chi connectivity index (χ4n) is 2.44. The van der Waals surface area contributed by atoms with Crippen molar-refractivity contribution in [3.05, 3.63) is 29.8 Å². The normalized spacial score (nSPS) is 35.8. The van der Waals surface area contributed by atoms with Crippen LogP contribution in [0.5, 0.6) is 5.75 Å². The minimum Gasteiger partial charge on any atom is -0.508 e. The molecular weight excluding hydrogens is 262 g/mol. The number of hydrogen-bond donors (Lipinski definition) is 3. The summed E-state index contributed by atoms with van der Waals surface area (Å²) in [6.45, 7) is 3.48. The molecule has 3 aliphatic heterocycles. The summed E-state index contributed by atoms with van der Waals surface area (Å²) in [5.41, 5.74) is 6.51. The Kier molecular flexibility index (Phi) is 3.23. The quantitative estimate of drug-likeness (QED) is 0.746. The van der Waals surface area contributed by atoms with Crippen molar-refractivity contribution < 1.29 is 24.4 Å². The lowest BCUT2D eigenvalue weighted by Gasteiger charge is -2.52. The zero-order chi connectivity index (χ0) is 14.4. The summed E-state index contributed by atoms with van der Waals surface area (Å²) in [6.07, 6.45) is -1.02. The van der Waals surface area contributed by atoms with Gasteiger partial charge in [-0.05, 0) is 17.7 Å². The number of hydrogen-bond acceptors (Lipinski definition) is 6. The summed E-state index contributed by atoms with van der Waals surface area (Å²) in [5, 5.41) is 19.6. The molecule has 0 spiro atoms. The van der Waals surface area contributed by atoms with Crippen LogP contribution in [-0.2, 0) is 14.2 Å². The van der Waals surface area contributed by atoms with Gasteiger partial charge in [0, 0.05) is 5.41 Å². The van der Waals surface area contributed by atoms with E-state index in [2.05, 4.69) is 0 Å². The number of rotatable bonds is 3. The third-order valence-corrected chi connectivity index (χ3v) is 3.85. The van der Waals surface area contributed by atoms with E-state index in [1.165, 1.54) is 12.1 Å². The van der Waals surface area contributed by atoms with Gasteiger partial charge in [-0.15, -0.1) is 0 Å². The highest BCUT2D eigenvalue weighted by Crippen LogP contribution is 2.41. The molecule has 110 valence electrons. The molecule has 1 aromatic carbocycles. The van der Waals surface area contributed by atoms with Crippen molar-refractivity contribution in [3.8, 4) is 5.75 Å². The van der Waals surface area contributed by atoms with Crippen molar-refractivity contribution in [2.75, 3.05) is 19.8 Å². The van der Waals surface area contributed by atoms with Crippen molar-refractivity contribution in [2.45, 2.75) is 25.0 Å². The second kappa shape index (κ2) is 4.68. The molecule has 3 saturated heterocycles. The fraction of sp³-hybridized carbons (Fsp3) is 0.571. The highest BCUT2D eigenvalue weighted by atomic mass is 16.9. The van der Waals surface area contributed by atoms with Gasteiger partial charge in [0.25, 0.3) is 0 Å². The van der Waals surface area contributed by atoms with Crippen molar-refractivity contribution >= 4 is 0 Å². The highest BCUT2D eigenvalue weighted by Gasteiger charge is 2.55. The maximum atomic E-state index is 10.4. The van der Waals surface area contributed by atoms with Crippen molar-refractivity contribution in [1.29, 1.82) is 0 Å². The number of aliphatic hydroxyl groups is 1. The number of aromatic hydroxyl groups is 1. The smallest absolute Gasteiger partial charge is 0.302 e. The Labute approximate surface area is 117 Å². The maximum Gasteiger partial charge on any atom is 0.302 e. The van der Waals surface area contributed by atoms with E-state index in [-0.39, 0.29) is 11.2 Å². The van der Waals surface area contributed by atoms with Crippen LogP contribution in [0.25, 0.3) is 0 Å². The van der Waals surface area contributed by atoms with Gasteiger partial charge in [-0.2, -0.15) is 0 Å². The molecule has 1 aromatic rings. The molecule has 3 aliphatic rings. The van der Waals surface area contributed by atoms with E-state index in [4.69, 9.17) is 19.9 Å². The average molecular weight is 281 g/mol. The third-order valence-electron chi connectivity index (χ3n) is 3.85. The Balaban J connectivity index is 1.78. The number of aliphatic hydroxyl groups excluding tert-OH is 1. The van der Waals surface area contributed by atoms with Crippen LogP contribution in [0.4, 0.5) is 0 Å². The molecule has 0 amide bonds. The molecule has 3 heterocycles. The molecule has 0 aliphatic carbocycles. The SMILES string of the molecule is CC12COC([C@@H](N)[C@@H](O)c3ccc(O)cc3)(OC1)OC2. The summed E-state index contributed by atoms with van der Waals surface area (Å²) in [5.74, 6) is -1.27. The van der Waals surface area contributed by atoms with Crippen molar-refractivity contribution in [1.82, 2.24) is 0 Å². The highest BCUT2D eigenvalue weighted by molar-refractivity contribution is 5.28. The van der Waals surface area contributed by atoms with Gasteiger partial charge in [0.1, 0.15) is 17.9 Å². The number of ether oxygens (including phenoxy) is 3. The molecule has 4 N–H and O–H groups in total. The molecule has 4 rings (SSSR count). The minimum absolute atomic E-state index is 0.127. The third kappa shape index (κ3) is 2.19. The van der Waals surface area contributed by atoms with Gasteiger partial charge in [-0.25, -0.2) is 0 Å². The van der Waals surface area contributed by atoms with Gasteiger partial charge in [0.05, 0.1) is 19.8 Å². The molecule has 20 heavy (non-hydrogen) atoms. The van der Waals surface area contributed by atoms with Crippen LogP contribution < -0.4 is 5.73 Å². The molecule has 0 radical (unpaired) electrons. The predicted molar refractivity (Wildman–Crippen MR) is 69.7 cm³/mol. The van der Waals surface area contributed by atoms with E-state index in [9.17, 15) is 10.2 Å². The Morgan fingerprint density at radius 1 is 1.10 bits per heavy atom. The van der Waals surface area contributed by atoms with Crippen LogP contribution in [0, 0.1) is 5.41 Å². The minimum atomic E-state index is -1.39. The summed E-state index contributed by atoms with van der Waals surface area (Å²) in [4.78, 5) is 0. The first-order valence-corrected chi connectivity index (χ1v) is 6.59. The molecular formula is C14H19NO5. The monoisotopic (exact) mass is 281 g/mol. The Bertz CT molecular complexity index is 464. The summed E-state index contributed by atoms with van der Waals surface area (Å²) in [7, 11) is 0. The molecule has 0 unspecified atom stereocenters. The van der Waals surface area contributed by atoms with Crippen LogP contribution in [0.3, 0.4) is 0 Å². The number of phenols is 1. The molecule has 3 fully saturated rings. The molecule has 0 aromatic heterocycles. The Morgan fingerprint density at radius 3 is 2.10 bits per heavy atom. The lowest BCUT2D eigenvalue weighted by molar-refractivity contribution is -0.476. The van der Waals surface area contributed by atoms with Gasteiger partial charge in [-0.1, -0.05) is 19.1 Å². The van der Waals surface area contributed by atoms with Crippen LogP contribution >= 0.6 is 0 Å². The summed E-state index contributed by atoms with van der Waals surface area (Å²) in [6, 6.07) is 5.31. The lowest BCUT2D eigenvalue weighted by atomic mass is 9.90.